The first-order chi connectivity index (χ1) is 12.5. The van der Waals surface area contributed by atoms with Crippen molar-refractivity contribution in [2.24, 2.45) is 5.92 Å². The molecule has 1 aliphatic carbocycles. The second kappa shape index (κ2) is 8.52. The Morgan fingerprint density at radius 2 is 2.12 bits per heavy atom. The first-order valence-corrected chi connectivity index (χ1v) is 9.87. The van der Waals surface area contributed by atoms with Crippen molar-refractivity contribution < 1.29 is 4.79 Å². The summed E-state index contributed by atoms with van der Waals surface area (Å²) < 4.78 is 0. The van der Waals surface area contributed by atoms with Crippen LogP contribution in [0.3, 0.4) is 0 Å². The number of aromatic nitrogens is 3. The molecule has 1 saturated carbocycles. The van der Waals surface area contributed by atoms with E-state index in [1.54, 1.807) is 6.20 Å². The van der Waals surface area contributed by atoms with Crippen LogP contribution in [-0.4, -0.2) is 45.6 Å². The summed E-state index contributed by atoms with van der Waals surface area (Å²) in [5.41, 5.74) is 1.91. The van der Waals surface area contributed by atoms with Gasteiger partial charge in [0.25, 0.3) is 0 Å². The summed E-state index contributed by atoms with van der Waals surface area (Å²) in [5, 5.41) is 12.2. The average molecular weight is 358 g/mol. The van der Waals surface area contributed by atoms with Crippen LogP contribution < -0.4 is 5.32 Å². The maximum Gasteiger partial charge on any atom is 0.222 e. The first kappa shape index (κ1) is 18.7. The van der Waals surface area contributed by atoms with Crippen molar-refractivity contribution >= 4 is 22.6 Å². The summed E-state index contributed by atoms with van der Waals surface area (Å²) in [5.74, 6) is 1.56. The number of anilines is 1. The summed E-state index contributed by atoms with van der Waals surface area (Å²) in [6.07, 6.45) is 9.23. The van der Waals surface area contributed by atoms with Crippen LogP contribution in [0.5, 0.6) is 0 Å². The number of nitrogens with zero attached hydrogens (tertiary/aromatic N) is 3. The molecule has 1 amide bonds. The van der Waals surface area contributed by atoms with Gasteiger partial charge >= 0.3 is 0 Å². The number of rotatable bonds is 7. The normalized spacial score (nSPS) is 15.5. The first-order valence-electron chi connectivity index (χ1n) is 9.87. The smallest absolute Gasteiger partial charge is 0.222 e. The Kier molecular flexibility index (Phi) is 6.12. The van der Waals surface area contributed by atoms with Crippen LogP contribution in [0.2, 0.25) is 0 Å². The topological polar surface area (TPSA) is 73.9 Å². The predicted octanol–water partition coefficient (Wildman–Crippen LogP) is 3.75. The highest BCUT2D eigenvalue weighted by Gasteiger charge is 2.18. The van der Waals surface area contributed by atoms with E-state index in [1.807, 2.05) is 18.0 Å². The molecular weight excluding hydrogens is 326 g/mol. The van der Waals surface area contributed by atoms with Crippen LogP contribution in [0.25, 0.3) is 10.9 Å². The molecule has 0 bridgehead atoms. The van der Waals surface area contributed by atoms with E-state index < -0.39 is 0 Å². The van der Waals surface area contributed by atoms with Gasteiger partial charge < -0.3 is 10.2 Å². The quantitative estimate of drug-likeness (QED) is 0.791. The number of amides is 1. The fraction of sp³-hybridized carbons (Fsp3) is 0.650. The molecule has 0 unspecified atom stereocenters. The van der Waals surface area contributed by atoms with Gasteiger partial charge in [-0.05, 0) is 31.2 Å². The third kappa shape index (κ3) is 4.54. The highest BCUT2D eigenvalue weighted by atomic mass is 16.2. The Labute approximate surface area is 155 Å². The molecule has 0 spiro atoms. The zero-order chi connectivity index (χ0) is 18.5. The van der Waals surface area contributed by atoms with Crippen LogP contribution >= 0.6 is 0 Å². The van der Waals surface area contributed by atoms with Crippen LogP contribution in [0, 0.1) is 5.92 Å². The molecule has 2 aromatic rings. The van der Waals surface area contributed by atoms with Crippen LogP contribution in [-0.2, 0) is 11.2 Å². The number of pyridine rings is 1. The lowest BCUT2D eigenvalue weighted by atomic mass is 9.95. The van der Waals surface area contributed by atoms with Gasteiger partial charge in [0.05, 0.1) is 10.9 Å². The second-order valence-electron chi connectivity index (χ2n) is 7.90. The predicted molar refractivity (Wildman–Crippen MR) is 105 cm³/mol. The number of nitrogens with one attached hydrogen (secondary N) is 2. The molecule has 142 valence electrons. The lowest BCUT2D eigenvalue weighted by Crippen LogP contribution is -2.30. The number of carbonyl (C=O) groups is 1. The average Bonchev–Trinajstić information content (AvgIpc) is 3.04. The molecule has 0 aliphatic heterocycles. The number of hydrogen-bond donors (Lipinski definition) is 2. The fourth-order valence-electron chi connectivity index (χ4n) is 3.83. The minimum atomic E-state index is 0.173. The molecule has 2 aromatic heterocycles. The van der Waals surface area contributed by atoms with Crippen LogP contribution in [0.4, 0.5) is 5.82 Å². The molecule has 2 heterocycles. The van der Waals surface area contributed by atoms with E-state index in [2.05, 4.69) is 34.3 Å². The summed E-state index contributed by atoms with van der Waals surface area (Å²) in [6, 6.07) is 2.41. The largest absolute Gasteiger partial charge is 0.367 e. The van der Waals surface area contributed by atoms with Crippen molar-refractivity contribution in [2.45, 2.75) is 64.8 Å². The molecular formula is C20H31N5O. The molecule has 0 radical (unpaired) electrons. The zero-order valence-corrected chi connectivity index (χ0v) is 16.2. The van der Waals surface area contributed by atoms with Crippen molar-refractivity contribution in [1.82, 2.24) is 20.1 Å². The van der Waals surface area contributed by atoms with Gasteiger partial charge in [-0.15, -0.1) is 0 Å². The number of aromatic amines is 1. The third-order valence-corrected chi connectivity index (χ3v) is 5.14. The van der Waals surface area contributed by atoms with Crippen LogP contribution in [0.1, 0.15) is 58.1 Å². The van der Waals surface area contributed by atoms with E-state index >= 15 is 0 Å². The van der Waals surface area contributed by atoms with Gasteiger partial charge in [-0.3, -0.25) is 9.89 Å². The SMILES string of the molecule is CC(C)CN(C)C(=O)CCc1[nH]nc2ccnc(NC3CCCCC3)c12. The Bertz CT molecular complexity index is 733. The lowest BCUT2D eigenvalue weighted by molar-refractivity contribution is -0.130. The molecule has 0 saturated heterocycles. The molecule has 6 heteroatoms. The Morgan fingerprint density at radius 3 is 2.85 bits per heavy atom. The molecule has 0 aromatic carbocycles. The molecule has 26 heavy (non-hydrogen) atoms. The summed E-state index contributed by atoms with van der Waals surface area (Å²) >= 11 is 0. The van der Waals surface area contributed by atoms with Gasteiger partial charge in [0.1, 0.15) is 5.82 Å². The highest BCUT2D eigenvalue weighted by Crippen LogP contribution is 2.27. The van der Waals surface area contributed by atoms with Crippen LogP contribution in [0.15, 0.2) is 12.3 Å². The monoisotopic (exact) mass is 357 g/mol. The maximum absolute atomic E-state index is 12.4. The van der Waals surface area contributed by atoms with Gasteiger partial charge in [-0.2, -0.15) is 5.10 Å². The van der Waals surface area contributed by atoms with E-state index in [1.165, 1.54) is 32.1 Å². The molecule has 1 aliphatic rings. The van der Waals surface area contributed by atoms with Crippen molar-refractivity contribution in [3.63, 3.8) is 0 Å². The van der Waals surface area contributed by atoms with E-state index in [4.69, 9.17) is 0 Å². The molecule has 6 nitrogen and oxygen atoms in total. The minimum absolute atomic E-state index is 0.173. The third-order valence-electron chi connectivity index (χ3n) is 5.14. The van der Waals surface area contributed by atoms with Crippen molar-refractivity contribution in [3.05, 3.63) is 18.0 Å². The van der Waals surface area contributed by atoms with Gasteiger partial charge in [0.2, 0.25) is 5.91 Å². The van der Waals surface area contributed by atoms with E-state index in [9.17, 15) is 4.79 Å². The molecule has 2 N–H and O–H groups in total. The molecule has 0 atom stereocenters. The Hall–Kier alpha value is -2.11. The highest BCUT2D eigenvalue weighted by molar-refractivity contribution is 5.92. The second-order valence-corrected chi connectivity index (χ2v) is 7.90. The van der Waals surface area contributed by atoms with E-state index in [0.717, 1.165) is 29.0 Å². The Morgan fingerprint density at radius 1 is 1.35 bits per heavy atom. The zero-order valence-electron chi connectivity index (χ0n) is 16.2. The van der Waals surface area contributed by atoms with Gasteiger partial charge in [0, 0.05) is 37.9 Å². The number of H-pyrrole nitrogens is 1. The lowest BCUT2D eigenvalue weighted by Gasteiger charge is -2.23. The fourth-order valence-corrected chi connectivity index (χ4v) is 3.83. The van der Waals surface area contributed by atoms with Crippen molar-refractivity contribution in [1.29, 1.82) is 0 Å². The van der Waals surface area contributed by atoms with Crippen molar-refractivity contribution in [2.75, 3.05) is 18.9 Å². The summed E-state index contributed by atoms with van der Waals surface area (Å²) in [4.78, 5) is 18.8. The van der Waals surface area contributed by atoms with Crippen molar-refractivity contribution in [3.8, 4) is 0 Å². The van der Waals surface area contributed by atoms with E-state index in [-0.39, 0.29) is 5.91 Å². The summed E-state index contributed by atoms with van der Waals surface area (Å²) in [6.45, 7) is 5.04. The standard InChI is InChI=1S/C20H31N5O/c1-14(2)13-25(3)18(26)10-9-16-19-17(24-23-16)11-12-21-20(19)22-15-7-5-4-6-8-15/h11-12,14-15H,4-10,13H2,1-3H3,(H,21,22)(H,23,24). The Balaban J connectivity index is 1.71. The molecule has 1 fully saturated rings. The van der Waals surface area contributed by atoms with Gasteiger partial charge in [-0.1, -0.05) is 33.1 Å². The van der Waals surface area contributed by atoms with Gasteiger partial charge in [0.15, 0.2) is 0 Å². The maximum atomic E-state index is 12.4. The van der Waals surface area contributed by atoms with E-state index in [0.29, 0.717) is 24.8 Å². The molecule has 3 rings (SSSR count). The number of carbonyl (C=O) groups excluding carboxylic acids is 1. The summed E-state index contributed by atoms with van der Waals surface area (Å²) in [7, 11) is 1.88. The number of aryl methyl sites for hydroxylation is 1. The number of hydrogen-bond acceptors (Lipinski definition) is 4. The van der Waals surface area contributed by atoms with Gasteiger partial charge in [-0.25, -0.2) is 4.98 Å². The number of fused-ring (bicyclic) bond motifs is 1. The minimum Gasteiger partial charge on any atom is -0.367 e.